The van der Waals surface area contributed by atoms with E-state index in [1.807, 2.05) is 54.6 Å². The number of carbonyl (C=O) groups is 2. The van der Waals surface area contributed by atoms with Gasteiger partial charge < -0.3 is 5.11 Å². The Morgan fingerprint density at radius 1 is 0.926 bits per heavy atom. The summed E-state index contributed by atoms with van der Waals surface area (Å²) in [6, 6.07) is 18.8. The van der Waals surface area contributed by atoms with Crippen molar-refractivity contribution in [2.24, 2.45) is 0 Å². The number of pyridine rings is 1. The monoisotopic (exact) mass is 359 g/mol. The summed E-state index contributed by atoms with van der Waals surface area (Å²) in [4.78, 5) is 28.1. The Labute approximate surface area is 158 Å². The number of ketones is 1. The first-order valence-corrected chi connectivity index (χ1v) is 8.72. The van der Waals surface area contributed by atoms with Crippen LogP contribution < -0.4 is 0 Å². The second-order valence-corrected chi connectivity index (χ2v) is 7.45. The molecule has 2 aromatic carbocycles. The SMILES string of the molecule is CC(C)(C)c1ccc(C=C(C(=O)C(=O)O)c2ccc3ccccc3n2)cc1. The van der Waals surface area contributed by atoms with Gasteiger partial charge in [-0.2, -0.15) is 0 Å². The van der Waals surface area contributed by atoms with Crippen LogP contribution in [0.1, 0.15) is 37.6 Å². The summed E-state index contributed by atoms with van der Waals surface area (Å²) in [6.45, 7) is 6.36. The third-order valence-electron chi connectivity index (χ3n) is 4.40. The maximum atomic E-state index is 12.3. The molecule has 3 rings (SSSR count). The summed E-state index contributed by atoms with van der Waals surface area (Å²) in [5, 5.41) is 10.2. The van der Waals surface area contributed by atoms with Crippen LogP contribution in [0.25, 0.3) is 22.6 Å². The van der Waals surface area contributed by atoms with E-state index in [1.54, 1.807) is 12.1 Å². The van der Waals surface area contributed by atoms with Crippen molar-refractivity contribution in [1.82, 2.24) is 4.98 Å². The van der Waals surface area contributed by atoms with Gasteiger partial charge >= 0.3 is 5.97 Å². The summed E-state index contributed by atoms with van der Waals surface area (Å²) in [5.41, 5.74) is 3.05. The summed E-state index contributed by atoms with van der Waals surface area (Å²) in [5.74, 6) is -2.47. The van der Waals surface area contributed by atoms with E-state index in [1.165, 1.54) is 0 Å². The Kier molecular flexibility index (Phi) is 4.91. The predicted octanol–water partition coefficient (Wildman–Crippen LogP) is 4.73. The van der Waals surface area contributed by atoms with Gasteiger partial charge in [-0.3, -0.25) is 4.79 Å². The van der Waals surface area contributed by atoms with E-state index in [2.05, 4.69) is 25.8 Å². The van der Waals surface area contributed by atoms with Crippen LogP contribution in [0.4, 0.5) is 0 Å². The topological polar surface area (TPSA) is 67.3 Å². The standard InChI is InChI=1S/C23H21NO3/c1-23(2,3)17-11-8-15(9-12-17)14-18(21(25)22(26)27)20-13-10-16-6-4-5-7-19(16)24-20/h4-14H,1-3H3,(H,26,27). The number of benzene rings is 2. The first-order valence-electron chi connectivity index (χ1n) is 8.72. The zero-order valence-corrected chi connectivity index (χ0v) is 15.6. The molecule has 4 heteroatoms. The fraction of sp³-hybridized carbons (Fsp3) is 0.174. The number of rotatable bonds is 4. The molecule has 27 heavy (non-hydrogen) atoms. The highest BCUT2D eigenvalue weighted by Crippen LogP contribution is 2.25. The quantitative estimate of drug-likeness (QED) is 0.540. The first kappa shape index (κ1) is 18.5. The van der Waals surface area contributed by atoms with Crippen LogP contribution in [0.2, 0.25) is 0 Å². The number of para-hydroxylation sites is 1. The maximum Gasteiger partial charge on any atom is 0.377 e. The van der Waals surface area contributed by atoms with Gasteiger partial charge in [-0.15, -0.1) is 0 Å². The Hall–Kier alpha value is -3.27. The van der Waals surface area contributed by atoms with E-state index in [0.29, 0.717) is 11.2 Å². The van der Waals surface area contributed by atoms with Crippen LogP contribution in [0.3, 0.4) is 0 Å². The molecule has 0 aliphatic carbocycles. The number of carboxylic acid groups (broad SMARTS) is 1. The van der Waals surface area contributed by atoms with Crippen LogP contribution in [-0.4, -0.2) is 21.8 Å². The van der Waals surface area contributed by atoms with Crippen molar-refractivity contribution in [2.45, 2.75) is 26.2 Å². The molecule has 3 aromatic rings. The average Bonchev–Trinajstić information content (AvgIpc) is 2.64. The number of nitrogens with zero attached hydrogens (tertiary/aromatic N) is 1. The zero-order chi connectivity index (χ0) is 19.6. The summed E-state index contributed by atoms with van der Waals surface area (Å²) in [6.07, 6.45) is 1.58. The first-order chi connectivity index (χ1) is 12.8. The highest BCUT2D eigenvalue weighted by atomic mass is 16.4. The third-order valence-corrected chi connectivity index (χ3v) is 4.40. The molecule has 0 unspecified atom stereocenters. The van der Waals surface area contributed by atoms with Crippen molar-refractivity contribution in [3.05, 3.63) is 77.5 Å². The molecular weight excluding hydrogens is 338 g/mol. The van der Waals surface area contributed by atoms with Crippen LogP contribution in [0.15, 0.2) is 60.7 Å². The fourth-order valence-electron chi connectivity index (χ4n) is 2.83. The van der Waals surface area contributed by atoms with E-state index in [9.17, 15) is 14.7 Å². The number of carbonyl (C=O) groups excluding carboxylic acids is 1. The molecule has 4 nitrogen and oxygen atoms in total. The molecule has 0 saturated carbocycles. The smallest absolute Gasteiger partial charge is 0.377 e. The normalized spacial score (nSPS) is 12.2. The highest BCUT2D eigenvalue weighted by molar-refractivity contribution is 6.52. The van der Waals surface area contributed by atoms with Gasteiger partial charge in [0, 0.05) is 5.39 Å². The van der Waals surface area contributed by atoms with E-state index >= 15 is 0 Å². The van der Waals surface area contributed by atoms with E-state index in [0.717, 1.165) is 16.5 Å². The molecule has 1 heterocycles. The molecule has 0 amide bonds. The van der Waals surface area contributed by atoms with Crippen LogP contribution in [-0.2, 0) is 15.0 Å². The van der Waals surface area contributed by atoms with Crippen molar-refractivity contribution in [3.8, 4) is 0 Å². The number of carboxylic acids is 1. The van der Waals surface area contributed by atoms with Gasteiger partial charge in [0.1, 0.15) is 0 Å². The van der Waals surface area contributed by atoms with Crippen molar-refractivity contribution < 1.29 is 14.7 Å². The van der Waals surface area contributed by atoms with E-state index in [4.69, 9.17) is 0 Å². The molecule has 0 aliphatic heterocycles. The maximum absolute atomic E-state index is 12.3. The molecule has 1 N–H and O–H groups in total. The molecule has 0 atom stereocenters. The van der Waals surface area contributed by atoms with Gasteiger partial charge in [-0.25, -0.2) is 9.78 Å². The van der Waals surface area contributed by atoms with Gasteiger partial charge in [-0.1, -0.05) is 69.3 Å². The number of fused-ring (bicyclic) bond motifs is 1. The second-order valence-electron chi connectivity index (χ2n) is 7.45. The molecule has 0 bridgehead atoms. The largest absolute Gasteiger partial charge is 0.475 e. The van der Waals surface area contributed by atoms with Crippen LogP contribution in [0, 0.1) is 0 Å². The number of aromatic nitrogens is 1. The minimum Gasteiger partial charge on any atom is -0.475 e. The van der Waals surface area contributed by atoms with Crippen molar-refractivity contribution >= 4 is 34.3 Å². The molecule has 0 fully saturated rings. The lowest BCUT2D eigenvalue weighted by Crippen LogP contribution is -2.15. The zero-order valence-electron chi connectivity index (χ0n) is 15.6. The van der Waals surface area contributed by atoms with Gasteiger partial charge in [0.2, 0.25) is 0 Å². The number of hydrogen-bond acceptors (Lipinski definition) is 3. The van der Waals surface area contributed by atoms with Crippen molar-refractivity contribution in [2.75, 3.05) is 0 Å². The lowest BCUT2D eigenvalue weighted by atomic mass is 9.86. The van der Waals surface area contributed by atoms with Gasteiger partial charge in [0.25, 0.3) is 5.78 Å². The minimum absolute atomic E-state index is 0.0157. The van der Waals surface area contributed by atoms with Crippen molar-refractivity contribution in [3.63, 3.8) is 0 Å². The summed E-state index contributed by atoms with van der Waals surface area (Å²) in [7, 11) is 0. The Balaban J connectivity index is 2.09. The second kappa shape index (κ2) is 7.16. The summed E-state index contributed by atoms with van der Waals surface area (Å²) >= 11 is 0. The van der Waals surface area contributed by atoms with E-state index < -0.39 is 11.8 Å². The lowest BCUT2D eigenvalue weighted by molar-refractivity contribution is -0.146. The Morgan fingerprint density at radius 3 is 2.22 bits per heavy atom. The molecule has 0 radical (unpaired) electrons. The summed E-state index contributed by atoms with van der Waals surface area (Å²) < 4.78 is 0. The van der Waals surface area contributed by atoms with Gasteiger partial charge in [0.05, 0.1) is 16.8 Å². The Morgan fingerprint density at radius 2 is 1.59 bits per heavy atom. The number of aliphatic carboxylic acids is 1. The molecule has 136 valence electrons. The van der Waals surface area contributed by atoms with Crippen molar-refractivity contribution in [1.29, 1.82) is 0 Å². The van der Waals surface area contributed by atoms with Crippen LogP contribution in [0.5, 0.6) is 0 Å². The predicted molar refractivity (Wildman–Crippen MR) is 107 cm³/mol. The highest BCUT2D eigenvalue weighted by Gasteiger charge is 2.21. The molecule has 0 saturated heterocycles. The van der Waals surface area contributed by atoms with Crippen LogP contribution >= 0.6 is 0 Å². The minimum atomic E-state index is -1.50. The van der Waals surface area contributed by atoms with Gasteiger partial charge in [-0.05, 0) is 34.8 Å². The number of hydrogen-bond donors (Lipinski definition) is 1. The lowest BCUT2D eigenvalue weighted by Gasteiger charge is -2.18. The molecular formula is C23H21NO3. The molecule has 0 spiro atoms. The number of Topliss-reactive ketones (excluding diaryl/α,β-unsaturated/α-hetero) is 1. The fourth-order valence-corrected chi connectivity index (χ4v) is 2.83. The molecule has 1 aromatic heterocycles. The Bertz CT molecular complexity index is 1040. The average molecular weight is 359 g/mol. The van der Waals surface area contributed by atoms with E-state index in [-0.39, 0.29) is 11.0 Å². The van der Waals surface area contributed by atoms with Gasteiger partial charge in [0.15, 0.2) is 0 Å². The third kappa shape index (κ3) is 4.11. The molecule has 0 aliphatic rings.